The number of rotatable bonds is 2. The van der Waals surface area contributed by atoms with Gasteiger partial charge in [-0.3, -0.25) is 5.32 Å². The van der Waals surface area contributed by atoms with Crippen molar-refractivity contribution in [1.82, 2.24) is 0 Å². The molecule has 0 aromatic heterocycles. The monoisotopic (exact) mass is 247 g/mol. The van der Waals surface area contributed by atoms with Crippen LogP contribution in [0.15, 0.2) is 24.3 Å². The summed E-state index contributed by atoms with van der Waals surface area (Å²) in [6.07, 6.45) is 4.29. The number of carbonyl (C=O) groups excluding carboxylic acids is 1. The zero-order valence-electron chi connectivity index (χ0n) is 11.1. The van der Waals surface area contributed by atoms with Crippen molar-refractivity contribution in [2.24, 2.45) is 5.92 Å². The first-order valence-electron chi connectivity index (χ1n) is 6.69. The van der Waals surface area contributed by atoms with Crippen molar-refractivity contribution in [3.63, 3.8) is 0 Å². The van der Waals surface area contributed by atoms with E-state index in [1.807, 2.05) is 31.2 Å². The first-order valence-corrected chi connectivity index (χ1v) is 6.69. The number of hydrogen-bond acceptors (Lipinski definition) is 2. The lowest BCUT2D eigenvalue weighted by Crippen LogP contribution is -2.30. The predicted molar refractivity (Wildman–Crippen MR) is 72.7 cm³/mol. The van der Waals surface area contributed by atoms with Crippen LogP contribution in [-0.4, -0.2) is 12.2 Å². The molecule has 1 N–H and O–H groups in total. The first-order chi connectivity index (χ1) is 8.65. The zero-order chi connectivity index (χ0) is 13.0. The van der Waals surface area contributed by atoms with E-state index in [1.165, 1.54) is 12.0 Å². The smallest absolute Gasteiger partial charge is 0.411 e. The summed E-state index contributed by atoms with van der Waals surface area (Å²) in [6.45, 7) is 4.18. The van der Waals surface area contributed by atoms with Gasteiger partial charge in [-0.25, -0.2) is 4.79 Å². The molecule has 1 amide bonds. The van der Waals surface area contributed by atoms with Gasteiger partial charge in [0.25, 0.3) is 0 Å². The highest BCUT2D eigenvalue weighted by Gasteiger charge is 2.24. The van der Waals surface area contributed by atoms with Crippen molar-refractivity contribution in [3.8, 4) is 0 Å². The van der Waals surface area contributed by atoms with Gasteiger partial charge in [-0.1, -0.05) is 31.0 Å². The highest BCUT2D eigenvalue weighted by atomic mass is 16.6. The summed E-state index contributed by atoms with van der Waals surface area (Å²) in [5, 5.41) is 2.78. The summed E-state index contributed by atoms with van der Waals surface area (Å²) in [4.78, 5) is 11.8. The van der Waals surface area contributed by atoms with E-state index < -0.39 is 0 Å². The van der Waals surface area contributed by atoms with Crippen molar-refractivity contribution >= 4 is 11.8 Å². The minimum atomic E-state index is -0.336. The molecule has 2 atom stereocenters. The molecule has 1 aromatic rings. The molecule has 1 saturated carbocycles. The lowest BCUT2D eigenvalue weighted by atomic mass is 9.88. The van der Waals surface area contributed by atoms with Crippen LogP contribution in [0.5, 0.6) is 0 Å². The Morgan fingerprint density at radius 2 is 1.89 bits per heavy atom. The molecule has 18 heavy (non-hydrogen) atoms. The van der Waals surface area contributed by atoms with Gasteiger partial charge >= 0.3 is 6.09 Å². The molecule has 0 saturated heterocycles. The fourth-order valence-corrected chi connectivity index (χ4v) is 2.38. The van der Waals surface area contributed by atoms with Crippen molar-refractivity contribution in [1.29, 1.82) is 0 Å². The van der Waals surface area contributed by atoms with Crippen LogP contribution in [0, 0.1) is 12.8 Å². The molecule has 2 rings (SSSR count). The number of hydrogen-bond donors (Lipinski definition) is 1. The van der Waals surface area contributed by atoms with Crippen LogP contribution < -0.4 is 5.32 Å². The average Bonchev–Trinajstić information content (AvgIpc) is 2.35. The van der Waals surface area contributed by atoms with Gasteiger partial charge in [-0.2, -0.15) is 0 Å². The van der Waals surface area contributed by atoms with Crippen LogP contribution >= 0.6 is 0 Å². The summed E-state index contributed by atoms with van der Waals surface area (Å²) < 4.78 is 5.49. The largest absolute Gasteiger partial charge is 0.446 e. The minimum absolute atomic E-state index is 0.0733. The first kappa shape index (κ1) is 12.9. The zero-order valence-corrected chi connectivity index (χ0v) is 11.1. The average molecular weight is 247 g/mol. The number of anilines is 1. The minimum Gasteiger partial charge on any atom is -0.446 e. The van der Waals surface area contributed by atoms with Crippen molar-refractivity contribution in [3.05, 3.63) is 29.8 Å². The third kappa shape index (κ3) is 3.49. The Labute approximate surface area is 109 Å². The van der Waals surface area contributed by atoms with E-state index in [0.717, 1.165) is 24.9 Å². The SMILES string of the molecule is Cc1ccc(NC(=O)OC2CCCCC2C)cc1. The molecular formula is C15H21NO2. The van der Waals surface area contributed by atoms with Gasteiger partial charge < -0.3 is 4.74 Å². The maximum atomic E-state index is 11.8. The van der Waals surface area contributed by atoms with Crippen LogP contribution in [0.4, 0.5) is 10.5 Å². The van der Waals surface area contributed by atoms with Crippen LogP contribution in [0.25, 0.3) is 0 Å². The Morgan fingerprint density at radius 1 is 1.22 bits per heavy atom. The van der Waals surface area contributed by atoms with Gasteiger partial charge in [0.1, 0.15) is 6.10 Å². The third-order valence-corrected chi connectivity index (χ3v) is 3.59. The van der Waals surface area contributed by atoms with Crippen LogP contribution in [0.3, 0.4) is 0 Å². The van der Waals surface area contributed by atoms with E-state index in [1.54, 1.807) is 0 Å². The molecule has 1 fully saturated rings. The number of nitrogens with one attached hydrogen (secondary N) is 1. The van der Waals surface area contributed by atoms with Crippen molar-refractivity contribution < 1.29 is 9.53 Å². The Hall–Kier alpha value is -1.51. The summed E-state index contributed by atoms with van der Waals surface area (Å²) in [5.74, 6) is 0.475. The summed E-state index contributed by atoms with van der Waals surface area (Å²) in [6, 6.07) is 7.72. The number of ether oxygens (including phenoxy) is 1. The molecule has 0 spiro atoms. The second kappa shape index (κ2) is 5.89. The van der Waals surface area contributed by atoms with E-state index in [4.69, 9.17) is 4.74 Å². The second-order valence-corrected chi connectivity index (χ2v) is 5.20. The molecule has 0 bridgehead atoms. The molecular weight excluding hydrogens is 226 g/mol. The Kier molecular flexibility index (Phi) is 4.24. The van der Waals surface area contributed by atoms with Crippen LogP contribution in [0.1, 0.15) is 38.2 Å². The Balaban J connectivity index is 1.86. The lowest BCUT2D eigenvalue weighted by molar-refractivity contribution is 0.0524. The fourth-order valence-electron chi connectivity index (χ4n) is 2.38. The van der Waals surface area contributed by atoms with Crippen LogP contribution in [0.2, 0.25) is 0 Å². The maximum Gasteiger partial charge on any atom is 0.411 e. The number of amides is 1. The molecule has 98 valence electrons. The topological polar surface area (TPSA) is 38.3 Å². The van der Waals surface area contributed by atoms with Gasteiger partial charge in [-0.05, 0) is 44.2 Å². The van der Waals surface area contributed by atoms with Crippen LogP contribution in [-0.2, 0) is 4.74 Å². The highest BCUT2D eigenvalue weighted by molar-refractivity contribution is 5.84. The maximum absolute atomic E-state index is 11.8. The molecule has 3 nitrogen and oxygen atoms in total. The Morgan fingerprint density at radius 3 is 2.56 bits per heavy atom. The predicted octanol–water partition coefficient (Wildman–Crippen LogP) is 4.12. The normalized spacial score (nSPS) is 23.4. The summed E-state index contributed by atoms with van der Waals surface area (Å²) in [7, 11) is 0. The summed E-state index contributed by atoms with van der Waals surface area (Å²) in [5.41, 5.74) is 1.96. The van der Waals surface area contributed by atoms with Gasteiger partial charge in [0.05, 0.1) is 0 Å². The molecule has 3 heteroatoms. The van der Waals surface area contributed by atoms with E-state index in [0.29, 0.717) is 5.92 Å². The third-order valence-electron chi connectivity index (χ3n) is 3.59. The number of aryl methyl sites for hydroxylation is 1. The van der Waals surface area contributed by atoms with Gasteiger partial charge in [-0.15, -0.1) is 0 Å². The highest BCUT2D eigenvalue weighted by Crippen LogP contribution is 2.26. The number of benzene rings is 1. The quantitative estimate of drug-likeness (QED) is 0.853. The van der Waals surface area contributed by atoms with Gasteiger partial charge in [0.2, 0.25) is 0 Å². The summed E-state index contributed by atoms with van der Waals surface area (Å²) >= 11 is 0. The van der Waals surface area contributed by atoms with E-state index in [2.05, 4.69) is 12.2 Å². The molecule has 2 unspecified atom stereocenters. The van der Waals surface area contributed by atoms with Gasteiger partial charge in [0, 0.05) is 5.69 Å². The van der Waals surface area contributed by atoms with E-state index >= 15 is 0 Å². The standard InChI is InChI=1S/C15H21NO2/c1-11-7-9-13(10-8-11)16-15(17)18-14-6-4-3-5-12(14)2/h7-10,12,14H,3-6H2,1-2H3,(H,16,17). The van der Waals surface area contributed by atoms with E-state index in [-0.39, 0.29) is 12.2 Å². The lowest BCUT2D eigenvalue weighted by Gasteiger charge is -2.28. The van der Waals surface area contributed by atoms with Crippen molar-refractivity contribution in [2.75, 3.05) is 5.32 Å². The molecule has 1 aliphatic rings. The second-order valence-electron chi connectivity index (χ2n) is 5.20. The molecule has 1 aliphatic carbocycles. The molecule has 0 heterocycles. The molecule has 0 radical (unpaired) electrons. The van der Waals surface area contributed by atoms with E-state index in [9.17, 15) is 4.79 Å². The number of carbonyl (C=O) groups is 1. The van der Waals surface area contributed by atoms with Crippen molar-refractivity contribution in [2.45, 2.75) is 45.6 Å². The molecule has 0 aliphatic heterocycles. The molecule has 1 aromatic carbocycles. The van der Waals surface area contributed by atoms with Gasteiger partial charge in [0.15, 0.2) is 0 Å². The fraction of sp³-hybridized carbons (Fsp3) is 0.533. The Bertz CT molecular complexity index is 399.